The Hall–Kier alpha value is -2.69. The third-order valence-electron chi connectivity index (χ3n) is 4.10. The van der Waals surface area contributed by atoms with Crippen LogP contribution in [-0.2, 0) is 9.53 Å². The first-order valence-electron chi connectivity index (χ1n) is 7.61. The molecule has 0 bridgehead atoms. The lowest BCUT2D eigenvalue weighted by Gasteiger charge is -2.44. The highest BCUT2D eigenvalue weighted by molar-refractivity contribution is 5.83. The normalized spacial score (nSPS) is 27.5. The van der Waals surface area contributed by atoms with Crippen LogP contribution < -0.4 is 20.1 Å². The number of hydrogen-bond acceptors (Lipinski definition) is 6. The first-order chi connectivity index (χ1) is 12.2. The van der Waals surface area contributed by atoms with E-state index in [-0.39, 0.29) is 24.7 Å². The van der Waals surface area contributed by atoms with E-state index < -0.39 is 35.9 Å². The second-order valence-electron chi connectivity index (χ2n) is 5.68. The number of amides is 2. The van der Waals surface area contributed by atoms with Gasteiger partial charge in [-0.25, -0.2) is 4.79 Å². The van der Waals surface area contributed by atoms with E-state index in [1.807, 2.05) is 0 Å². The molecule has 0 aliphatic carbocycles. The molecule has 3 atom stereocenters. The number of fused-ring (bicyclic) bond motifs is 1. The highest BCUT2D eigenvalue weighted by Crippen LogP contribution is 2.44. The Balaban J connectivity index is 2.08. The summed E-state index contributed by atoms with van der Waals surface area (Å²) >= 11 is 0. The number of halogens is 3. The molecule has 26 heavy (non-hydrogen) atoms. The van der Waals surface area contributed by atoms with E-state index in [0.29, 0.717) is 5.75 Å². The number of alkyl halides is 3. The van der Waals surface area contributed by atoms with E-state index in [2.05, 4.69) is 5.32 Å². The third-order valence-corrected chi connectivity index (χ3v) is 4.10. The van der Waals surface area contributed by atoms with Crippen molar-refractivity contribution in [2.75, 3.05) is 13.4 Å². The van der Waals surface area contributed by atoms with E-state index in [0.717, 1.165) is 0 Å². The van der Waals surface area contributed by atoms with Crippen LogP contribution >= 0.6 is 0 Å². The highest BCUT2D eigenvalue weighted by atomic mass is 19.4. The minimum Gasteiger partial charge on any atom is -0.466 e. The van der Waals surface area contributed by atoms with Crippen LogP contribution in [0.3, 0.4) is 0 Å². The smallest absolute Gasteiger partial charge is 0.437 e. The van der Waals surface area contributed by atoms with Crippen molar-refractivity contribution in [3.63, 3.8) is 0 Å². The number of esters is 1. The average Bonchev–Trinajstić information content (AvgIpc) is 3.00. The maximum atomic E-state index is 13.5. The first kappa shape index (κ1) is 18.1. The summed E-state index contributed by atoms with van der Waals surface area (Å²) in [5.74, 6) is -2.88. The van der Waals surface area contributed by atoms with Crippen molar-refractivity contribution in [1.29, 1.82) is 0 Å². The summed E-state index contributed by atoms with van der Waals surface area (Å²) in [6.07, 6.45) is -5.32. The van der Waals surface area contributed by atoms with Crippen LogP contribution in [0.2, 0.25) is 0 Å². The number of aliphatic hydroxyl groups is 1. The molecular weight excluding hydrogens is 361 g/mol. The molecule has 11 heteroatoms. The summed E-state index contributed by atoms with van der Waals surface area (Å²) in [5.41, 5.74) is -3.69. The van der Waals surface area contributed by atoms with Gasteiger partial charge < -0.3 is 30.0 Å². The SMILES string of the molecule is CCOC(=O)[C@H]1[C@H](c2ccc3c(c2)OCO3)NC(=O)N[C@@]1(O)C(F)(F)F. The standard InChI is InChI=1S/C15H15F3N2O6/c1-2-24-12(21)10-11(7-3-4-8-9(5-7)26-6-25-8)19-13(22)20-14(10,23)15(16,17)18/h3-5,10-11,23H,2,6H2,1H3,(H2,19,20,22)/t10-,11+,14+/m1/s1. The molecule has 2 aliphatic heterocycles. The van der Waals surface area contributed by atoms with Crippen LogP contribution in [0.5, 0.6) is 11.5 Å². The Morgan fingerprint density at radius 2 is 2.08 bits per heavy atom. The van der Waals surface area contributed by atoms with Crippen molar-refractivity contribution >= 4 is 12.0 Å². The molecule has 2 aliphatic rings. The largest absolute Gasteiger partial charge is 0.466 e. The van der Waals surface area contributed by atoms with Gasteiger partial charge >= 0.3 is 18.2 Å². The van der Waals surface area contributed by atoms with Crippen molar-refractivity contribution in [1.82, 2.24) is 10.6 Å². The molecule has 3 rings (SSSR count). The molecule has 0 saturated carbocycles. The van der Waals surface area contributed by atoms with Gasteiger partial charge in [-0.3, -0.25) is 4.79 Å². The van der Waals surface area contributed by atoms with E-state index in [1.54, 1.807) is 0 Å². The molecule has 2 heterocycles. The zero-order valence-corrected chi connectivity index (χ0v) is 13.4. The van der Waals surface area contributed by atoms with E-state index in [9.17, 15) is 27.9 Å². The van der Waals surface area contributed by atoms with Crippen LogP contribution in [0, 0.1) is 5.92 Å². The lowest BCUT2D eigenvalue weighted by atomic mass is 9.82. The topological polar surface area (TPSA) is 106 Å². The molecule has 8 nitrogen and oxygen atoms in total. The van der Waals surface area contributed by atoms with E-state index >= 15 is 0 Å². The Morgan fingerprint density at radius 1 is 1.38 bits per heavy atom. The average molecular weight is 376 g/mol. The molecule has 1 aromatic carbocycles. The second kappa shape index (κ2) is 6.24. The molecule has 2 amide bonds. The fraction of sp³-hybridized carbons (Fsp3) is 0.467. The first-order valence-corrected chi connectivity index (χ1v) is 7.61. The Kier molecular flexibility index (Phi) is 4.34. The predicted molar refractivity (Wildman–Crippen MR) is 78.1 cm³/mol. The number of carbonyl (C=O) groups is 2. The van der Waals surface area contributed by atoms with Crippen molar-refractivity contribution < 1.29 is 42.1 Å². The molecule has 3 N–H and O–H groups in total. The summed E-state index contributed by atoms with van der Waals surface area (Å²) in [6.45, 7) is 1.14. The molecule has 1 aromatic rings. The zero-order chi connectivity index (χ0) is 19.1. The van der Waals surface area contributed by atoms with Crippen LogP contribution in [0.15, 0.2) is 18.2 Å². The number of ether oxygens (including phenoxy) is 3. The van der Waals surface area contributed by atoms with E-state index in [1.165, 1.54) is 30.4 Å². The Labute approximate surface area is 145 Å². The van der Waals surface area contributed by atoms with Gasteiger partial charge in [-0.05, 0) is 24.6 Å². The van der Waals surface area contributed by atoms with Crippen molar-refractivity contribution in [2.24, 2.45) is 5.92 Å². The number of urea groups is 1. The van der Waals surface area contributed by atoms with Gasteiger partial charge in [-0.1, -0.05) is 6.07 Å². The van der Waals surface area contributed by atoms with Crippen LogP contribution in [0.4, 0.5) is 18.0 Å². The Morgan fingerprint density at radius 3 is 2.73 bits per heavy atom. The predicted octanol–water partition coefficient (Wildman–Crippen LogP) is 1.20. The summed E-state index contributed by atoms with van der Waals surface area (Å²) < 4.78 is 55.5. The quantitative estimate of drug-likeness (QED) is 0.685. The lowest BCUT2D eigenvalue weighted by Crippen LogP contribution is -2.73. The van der Waals surface area contributed by atoms with Gasteiger partial charge in [0.25, 0.3) is 5.72 Å². The van der Waals surface area contributed by atoms with Crippen LogP contribution in [0.25, 0.3) is 0 Å². The monoisotopic (exact) mass is 376 g/mol. The third kappa shape index (κ3) is 2.87. The van der Waals surface area contributed by atoms with Crippen molar-refractivity contribution in [2.45, 2.75) is 24.9 Å². The van der Waals surface area contributed by atoms with E-state index in [4.69, 9.17) is 14.2 Å². The maximum absolute atomic E-state index is 13.5. The summed E-state index contributed by atoms with van der Waals surface area (Å²) in [7, 11) is 0. The second-order valence-corrected chi connectivity index (χ2v) is 5.68. The van der Waals surface area contributed by atoms with Gasteiger partial charge in [0.2, 0.25) is 6.79 Å². The lowest BCUT2D eigenvalue weighted by molar-refractivity contribution is -0.294. The molecule has 142 valence electrons. The van der Waals surface area contributed by atoms with Crippen LogP contribution in [0.1, 0.15) is 18.5 Å². The molecule has 0 aromatic heterocycles. The molecule has 1 saturated heterocycles. The van der Waals surface area contributed by atoms with Gasteiger partial charge in [0.15, 0.2) is 11.5 Å². The minimum absolute atomic E-state index is 0.0643. The summed E-state index contributed by atoms with van der Waals surface area (Å²) in [6, 6.07) is 1.34. The highest BCUT2D eigenvalue weighted by Gasteiger charge is 2.67. The van der Waals surface area contributed by atoms with Crippen LogP contribution in [-0.4, -0.2) is 42.4 Å². The maximum Gasteiger partial charge on any atom is 0.437 e. The summed E-state index contributed by atoms with van der Waals surface area (Å²) in [5, 5.41) is 13.8. The fourth-order valence-corrected chi connectivity index (χ4v) is 2.92. The van der Waals surface area contributed by atoms with Gasteiger partial charge in [-0.2, -0.15) is 13.2 Å². The van der Waals surface area contributed by atoms with Crippen molar-refractivity contribution in [3.05, 3.63) is 23.8 Å². The fourth-order valence-electron chi connectivity index (χ4n) is 2.92. The molecule has 0 spiro atoms. The number of hydrogen-bond donors (Lipinski definition) is 3. The van der Waals surface area contributed by atoms with Gasteiger partial charge in [-0.15, -0.1) is 0 Å². The molecule has 0 unspecified atom stereocenters. The minimum atomic E-state index is -5.32. The molecule has 0 radical (unpaired) electrons. The molecule has 1 fully saturated rings. The zero-order valence-electron chi connectivity index (χ0n) is 13.4. The number of nitrogens with one attached hydrogen (secondary N) is 2. The number of carbonyl (C=O) groups excluding carboxylic acids is 2. The summed E-state index contributed by atoms with van der Waals surface area (Å²) in [4.78, 5) is 24.0. The number of rotatable bonds is 3. The Bertz CT molecular complexity index is 741. The van der Waals surface area contributed by atoms with Gasteiger partial charge in [0.1, 0.15) is 5.92 Å². The van der Waals surface area contributed by atoms with Gasteiger partial charge in [0, 0.05) is 0 Å². The number of benzene rings is 1. The molecular formula is C15H15F3N2O6. The van der Waals surface area contributed by atoms with Crippen molar-refractivity contribution in [3.8, 4) is 11.5 Å². The van der Waals surface area contributed by atoms with Gasteiger partial charge in [0.05, 0.1) is 12.6 Å².